The molecule has 2 saturated heterocycles. The van der Waals surface area contributed by atoms with Gasteiger partial charge in [-0.25, -0.2) is 0 Å². The number of para-hydroxylation sites is 1. The third kappa shape index (κ3) is 7.07. The van der Waals surface area contributed by atoms with Crippen LogP contribution in [0.2, 0.25) is 0 Å². The molecule has 0 radical (unpaired) electrons. The van der Waals surface area contributed by atoms with Crippen molar-refractivity contribution in [3.8, 4) is 5.75 Å². The van der Waals surface area contributed by atoms with Gasteiger partial charge in [0.05, 0.1) is 12.6 Å². The molecular weight excluding hydrogens is 442 g/mol. The summed E-state index contributed by atoms with van der Waals surface area (Å²) < 4.78 is 6.14. The zero-order valence-corrected chi connectivity index (χ0v) is 21.5. The lowest BCUT2D eigenvalue weighted by Crippen LogP contribution is -2.48. The largest absolute Gasteiger partial charge is 0.489 e. The number of hydrogen-bond acceptors (Lipinski definition) is 5. The highest BCUT2D eigenvalue weighted by Gasteiger charge is 2.34. The van der Waals surface area contributed by atoms with Crippen molar-refractivity contribution < 1.29 is 19.4 Å². The predicted octanol–water partition coefficient (Wildman–Crippen LogP) is 2.93. The van der Waals surface area contributed by atoms with Crippen LogP contribution in [0.1, 0.15) is 45.6 Å². The normalized spacial score (nSPS) is 27.3. The molecule has 0 spiro atoms. The number of aliphatic hydroxyl groups is 1. The maximum absolute atomic E-state index is 13.4. The number of ether oxygens (including phenoxy) is 1. The minimum Gasteiger partial charge on any atom is -0.489 e. The second-order valence-corrected chi connectivity index (χ2v) is 11.6. The van der Waals surface area contributed by atoms with E-state index in [9.17, 15) is 14.7 Å². The Morgan fingerprint density at radius 1 is 1.11 bits per heavy atom. The van der Waals surface area contributed by atoms with Gasteiger partial charge in [-0.05, 0) is 36.2 Å². The van der Waals surface area contributed by atoms with Crippen molar-refractivity contribution >= 4 is 11.8 Å². The lowest BCUT2D eigenvalue weighted by molar-refractivity contribution is -0.136. The summed E-state index contributed by atoms with van der Waals surface area (Å²) in [6.45, 7) is 11.3. The number of hydrogen-bond donors (Lipinski definition) is 1. The van der Waals surface area contributed by atoms with Gasteiger partial charge in [0.15, 0.2) is 0 Å². The molecule has 7 heteroatoms. The van der Waals surface area contributed by atoms with E-state index in [4.69, 9.17) is 4.74 Å². The molecule has 2 bridgehead atoms. The van der Waals surface area contributed by atoms with E-state index >= 15 is 0 Å². The summed E-state index contributed by atoms with van der Waals surface area (Å²) in [6, 6.07) is 8.07. The molecule has 1 aromatic rings. The van der Waals surface area contributed by atoms with Crippen LogP contribution in [0.25, 0.3) is 0 Å². The zero-order chi connectivity index (χ0) is 25.0. The van der Waals surface area contributed by atoms with Crippen LogP contribution >= 0.6 is 0 Å². The smallest absolute Gasteiger partial charge is 0.236 e. The van der Waals surface area contributed by atoms with E-state index < -0.39 is 6.10 Å². The second-order valence-electron chi connectivity index (χ2n) is 11.6. The number of amides is 2. The number of likely N-dealkylation sites (tertiary alicyclic amines) is 1. The molecule has 2 fully saturated rings. The summed E-state index contributed by atoms with van der Waals surface area (Å²) in [5.74, 6) is 1.41. The summed E-state index contributed by atoms with van der Waals surface area (Å²) in [5.41, 5.74) is 1.15. The maximum Gasteiger partial charge on any atom is 0.236 e. The van der Waals surface area contributed by atoms with E-state index in [1.54, 1.807) is 4.90 Å². The molecule has 3 aliphatic rings. The van der Waals surface area contributed by atoms with Crippen molar-refractivity contribution in [3.05, 3.63) is 42.0 Å². The van der Waals surface area contributed by atoms with Gasteiger partial charge in [-0.3, -0.25) is 14.5 Å². The number of aliphatic hydroxyl groups excluding tert-OH is 1. The molecule has 0 aromatic heterocycles. The number of nitrogens with zero attached hydrogens (tertiary/aromatic N) is 3. The standard InChI is InChI=1S/C28H41N3O4/c1-28(2,3)20-29-16-23-7-4-5-9-25(23)35-14-6-8-22-17-30(27(34)19-29)12-10-21(22)15-26(33)31-13-11-24(32)18-31/h4-9,21-22,24,32H,10-20H2,1-3H3/b8-6-/t21-,22-,24+/m0/s1. The maximum atomic E-state index is 13.4. The molecule has 3 aliphatic heterocycles. The topological polar surface area (TPSA) is 73.3 Å². The summed E-state index contributed by atoms with van der Waals surface area (Å²) in [7, 11) is 0. The molecule has 4 rings (SSSR count). The highest BCUT2D eigenvalue weighted by atomic mass is 16.5. The van der Waals surface area contributed by atoms with Gasteiger partial charge in [-0.15, -0.1) is 0 Å². The number of carbonyl (C=O) groups is 2. The first-order chi connectivity index (χ1) is 16.7. The SMILES string of the molecule is CC(C)(C)CN1CC(=O)N2CC[C@@H](CC(=O)N3CC[C@@H](O)C3)[C@@H](/C=C\COc3ccccc3C1)C2. The Morgan fingerprint density at radius 3 is 2.66 bits per heavy atom. The molecule has 0 saturated carbocycles. The van der Waals surface area contributed by atoms with Crippen LogP contribution in [-0.4, -0.2) is 83.6 Å². The van der Waals surface area contributed by atoms with E-state index in [2.05, 4.69) is 37.8 Å². The molecule has 1 aromatic carbocycles. The van der Waals surface area contributed by atoms with Crippen LogP contribution in [0.4, 0.5) is 0 Å². The van der Waals surface area contributed by atoms with Gasteiger partial charge < -0.3 is 19.6 Å². The highest BCUT2D eigenvalue weighted by Crippen LogP contribution is 2.30. The van der Waals surface area contributed by atoms with Gasteiger partial charge >= 0.3 is 0 Å². The van der Waals surface area contributed by atoms with Crippen LogP contribution in [0, 0.1) is 17.3 Å². The van der Waals surface area contributed by atoms with Gasteiger partial charge in [-0.1, -0.05) is 51.1 Å². The van der Waals surface area contributed by atoms with Crippen LogP contribution in [0.5, 0.6) is 5.75 Å². The molecule has 0 aliphatic carbocycles. The molecule has 0 unspecified atom stereocenters. The lowest BCUT2D eigenvalue weighted by Gasteiger charge is -2.39. The summed E-state index contributed by atoms with van der Waals surface area (Å²) >= 11 is 0. The lowest BCUT2D eigenvalue weighted by atomic mass is 9.82. The second kappa shape index (κ2) is 11.1. The van der Waals surface area contributed by atoms with Crippen molar-refractivity contribution in [2.75, 3.05) is 45.9 Å². The fourth-order valence-electron chi connectivity index (χ4n) is 5.56. The molecule has 35 heavy (non-hydrogen) atoms. The number of fused-ring (bicyclic) bond motifs is 3. The fraction of sp³-hybridized carbons (Fsp3) is 0.643. The fourth-order valence-corrected chi connectivity index (χ4v) is 5.56. The van der Waals surface area contributed by atoms with E-state index in [-0.39, 0.29) is 29.1 Å². The van der Waals surface area contributed by atoms with Gasteiger partial charge in [0, 0.05) is 51.3 Å². The third-order valence-corrected chi connectivity index (χ3v) is 7.25. The Kier molecular flexibility index (Phi) is 8.17. The molecular formula is C28H41N3O4. The quantitative estimate of drug-likeness (QED) is 0.670. The van der Waals surface area contributed by atoms with E-state index in [1.165, 1.54) is 0 Å². The monoisotopic (exact) mass is 483 g/mol. The van der Waals surface area contributed by atoms with Crippen LogP contribution in [0.15, 0.2) is 36.4 Å². The summed E-state index contributed by atoms with van der Waals surface area (Å²) in [6.07, 6.45) is 5.71. The summed E-state index contributed by atoms with van der Waals surface area (Å²) in [4.78, 5) is 32.3. The minimum absolute atomic E-state index is 0.0602. The Bertz CT molecular complexity index is 925. The van der Waals surface area contributed by atoms with Crippen LogP contribution in [-0.2, 0) is 16.1 Å². The Morgan fingerprint density at radius 2 is 1.91 bits per heavy atom. The molecule has 2 amide bonds. The number of rotatable bonds is 3. The molecule has 3 atom stereocenters. The number of carbonyl (C=O) groups excluding carboxylic acids is 2. The number of benzene rings is 1. The van der Waals surface area contributed by atoms with E-state index in [0.717, 1.165) is 24.3 Å². The first kappa shape index (κ1) is 25.7. The van der Waals surface area contributed by atoms with Crippen molar-refractivity contribution in [1.82, 2.24) is 14.7 Å². The van der Waals surface area contributed by atoms with Crippen molar-refractivity contribution in [3.63, 3.8) is 0 Å². The van der Waals surface area contributed by atoms with Crippen molar-refractivity contribution in [1.29, 1.82) is 0 Å². The van der Waals surface area contributed by atoms with Gasteiger partial charge in [-0.2, -0.15) is 0 Å². The van der Waals surface area contributed by atoms with Gasteiger partial charge in [0.2, 0.25) is 11.8 Å². The Hall–Kier alpha value is -2.38. The summed E-state index contributed by atoms with van der Waals surface area (Å²) in [5, 5.41) is 9.82. The van der Waals surface area contributed by atoms with Gasteiger partial charge in [0.1, 0.15) is 12.4 Å². The van der Waals surface area contributed by atoms with E-state index in [0.29, 0.717) is 58.7 Å². The highest BCUT2D eigenvalue weighted by molar-refractivity contribution is 5.79. The number of piperidine rings is 1. The Balaban J connectivity index is 1.52. The number of β-amino-alcohol motifs (C(OH)–C–C–N with tert-alkyl or cyclic N) is 1. The van der Waals surface area contributed by atoms with Crippen LogP contribution in [0.3, 0.4) is 0 Å². The van der Waals surface area contributed by atoms with Crippen molar-refractivity contribution in [2.45, 2.75) is 52.7 Å². The van der Waals surface area contributed by atoms with Gasteiger partial charge in [0.25, 0.3) is 0 Å². The average Bonchev–Trinajstić information content (AvgIpc) is 3.23. The first-order valence-corrected chi connectivity index (χ1v) is 13.0. The van der Waals surface area contributed by atoms with Crippen LogP contribution < -0.4 is 4.74 Å². The minimum atomic E-state index is -0.403. The predicted molar refractivity (Wildman–Crippen MR) is 136 cm³/mol. The third-order valence-electron chi connectivity index (χ3n) is 7.25. The van der Waals surface area contributed by atoms with E-state index in [1.807, 2.05) is 29.2 Å². The molecule has 192 valence electrons. The molecule has 7 nitrogen and oxygen atoms in total. The molecule has 1 N–H and O–H groups in total. The zero-order valence-electron chi connectivity index (χ0n) is 21.5. The molecule has 3 heterocycles. The average molecular weight is 484 g/mol. The first-order valence-electron chi connectivity index (χ1n) is 13.0. The Labute approximate surface area is 209 Å². The van der Waals surface area contributed by atoms with Crippen molar-refractivity contribution in [2.24, 2.45) is 17.3 Å².